The fraction of sp³-hybridized carbons (Fsp3) is 0.333. The zero-order valence-electron chi connectivity index (χ0n) is 14.8. The van der Waals surface area contributed by atoms with Gasteiger partial charge in [-0.05, 0) is 28.7 Å². The fourth-order valence-corrected chi connectivity index (χ4v) is 3.97. The Kier molecular flexibility index (Phi) is 4.81. The summed E-state index contributed by atoms with van der Waals surface area (Å²) in [5.74, 6) is -1.48. The van der Waals surface area contributed by atoms with Gasteiger partial charge < -0.3 is 19.9 Å². The van der Waals surface area contributed by atoms with E-state index in [-0.39, 0.29) is 19.1 Å². The van der Waals surface area contributed by atoms with Crippen molar-refractivity contribution < 1.29 is 24.2 Å². The molecule has 2 aromatic rings. The third-order valence-electron chi connectivity index (χ3n) is 5.32. The van der Waals surface area contributed by atoms with Crippen molar-refractivity contribution in [3.05, 3.63) is 59.7 Å². The monoisotopic (exact) mass is 367 g/mol. The average Bonchev–Trinajstić information content (AvgIpc) is 3.28. The van der Waals surface area contributed by atoms with Crippen molar-refractivity contribution in [1.82, 2.24) is 5.32 Å². The molecule has 0 aromatic heterocycles. The summed E-state index contributed by atoms with van der Waals surface area (Å²) in [6, 6.07) is 16.3. The van der Waals surface area contributed by atoms with E-state index in [2.05, 4.69) is 29.6 Å². The van der Waals surface area contributed by atoms with Gasteiger partial charge in [-0.25, -0.2) is 4.79 Å². The molecule has 4 rings (SSSR count). The summed E-state index contributed by atoms with van der Waals surface area (Å²) in [7, 11) is 0. The van der Waals surface area contributed by atoms with E-state index in [1.807, 2.05) is 24.3 Å². The number of carbonyl (C=O) groups is 2. The molecule has 27 heavy (non-hydrogen) atoms. The van der Waals surface area contributed by atoms with E-state index in [1.165, 1.54) is 11.1 Å². The van der Waals surface area contributed by atoms with Crippen molar-refractivity contribution in [2.24, 2.45) is 5.92 Å². The first-order chi connectivity index (χ1) is 13.1. The van der Waals surface area contributed by atoms with Crippen LogP contribution in [0.5, 0.6) is 0 Å². The first-order valence-corrected chi connectivity index (χ1v) is 9.08. The quantitative estimate of drug-likeness (QED) is 0.849. The molecule has 1 aliphatic carbocycles. The lowest BCUT2D eigenvalue weighted by Crippen LogP contribution is -2.38. The highest BCUT2D eigenvalue weighted by Gasteiger charge is 2.34. The molecular formula is C21H21NO5. The predicted molar refractivity (Wildman–Crippen MR) is 98.6 cm³/mol. The van der Waals surface area contributed by atoms with Crippen LogP contribution in [0.1, 0.15) is 23.5 Å². The predicted octanol–water partition coefficient (Wildman–Crippen LogP) is 3.01. The Morgan fingerprint density at radius 3 is 2.33 bits per heavy atom. The van der Waals surface area contributed by atoms with Crippen LogP contribution in [0.25, 0.3) is 11.1 Å². The molecule has 2 aromatic carbocycles. The highest BCUT2D eigenvalue weighted by atomic mass is 16.5. The first-order valence-electron chi connectivity index (χ1n) is 9.08. The summed E-state index contributed by atoms with van der Waals surface area (Å²) in [5.41, 5.74) is 4.64. The van der Waals surface area contributed by atoms with Crippen molar-refractivity contribution in [1.29, 1.82) is 0 Å². The zero-order chi connectivity index (χ0) is 18.8. The lowest BCUT2D eigenvalue weighted by molar-refractivity contribution is -0.143. The third-order valence-corrected chi connectivity index (χ3v) is 5.32. The summed E-state index contributed by atoms with van der Waals surface area (Å²) in [5, 5.41) is 11.8. The highest BCUT2D eigenvalue weighted by Crippen LogP contribution is 2.44. The molecule has 2 atom stereocenters. The maximum atomic E-state index is 12.1. The lowest BCUT2D eigenvalue weighted by atomic mass is 9.98. The Morgan fingerprint density at radius 2 is 1.70 bits per heavy atom. The Morgan fingerprint density at radius 1 is 1.07 bits per heavy atom. The van der Waals surface area contributed by atoms with Crippen LogP contribution in [0.3, 0.4) is 0 Å². The van der Waals surface area contributed by atoms with Gasteiger partial charge in [-0.15, -0.1) is 0 Å². The van der Waals surface area contributed by atoms with Gasteiger partial charge >= 0.3 is 12.1 Å². The maximum absolute atomic E-state index is 12.1. The second-order valence-electron chi connectivity index (χ2n) is 6.85. The van der Waals surface area contributed by atoms with Crippen LogP contribution in [-0.4, -0.2) is 43.0 Å². The first kappa shape index (κ1) is 17.5. The molecule has 2 aliphatic rings. The number of hydrogen-bond donors (Lipinski definition) is 2. The number of benzene rings is 2. The molecule has 6 nitrogen and oxygen atoms in total. The number of nitrogens with one attached hydrogen (secondary N) is 1. The van der Waals surface area contributed by atoms with Crippen molar-refractivity contribution in [3.63, 3.8) is 0 Å². The maximum Gasteiger partial charge on any atom is 0.407 e. The number of alkyl carbamates (subject to hydrolysis) is 1. The molecule has 1 amide bonds. The zero-order valence-corrected chi connectivity index (χ0v) is 14.8. The molecule has 1 aliphatic heterocycles. The molecule has 0 radical (unpaired) electrons. The van der Waals surface area contributed by atoms with Crippen molar-refractivity contribution in [2.75, 3.05) is 19.8 Å². The topological polar surface area (TPSA) is 84.9 Å². The van der Waals surface area contributed by atoms with Gasteiger partial charge in [0.1, 0.15) is 6.61 Å². The number of carboxylic acid groups (broad SMARTS) is 1. The second-order valence-corrected chi connectivity index (χ2v) is 6.85. The smallest absolute Gasteiger partial charge is 0.407 e. The molecule has 0 spiro atoms. The van der Waals surface area contributed by atoms with Gasteiger partial charge in [0.2, 0.25) is 0 Å². The Labute approximate surface area is 157 Å². The Hall–Kier alpha value is -2.86. The van der Waals surface area contributed by atoms with E-state index in [0.717, 1.165) is 11.1 Å². The number of ether oxygens (including phenoxy) is 2. The molecule has 140 valence electrons. The van der Waals surface area contributed by atoms with Gasteiger partial charge in [-0.3, -0.25) is 4.79 Å². The minimum atomic E-state index is -0.896. The van der Waals surface area contributed by atoms with Crippen LogP contribution in [0.2, 0.25) is 0 Å². The summed E-state index contributed by atoms with van der Waals surface area (Å²) < 4.78 is 10.8. The lowest BCUT2D eigenvalue weighted by Gasteiger charge is -2.17. The molecule has 0 unspecified atom stereocenters. The number of hydrogen-bond acceptors (Lipinski definition) is 4. The summed E-state index contributed by atoms with van der Waals surface area (Å²) >= 11 is 0. The number of rotatable bonds is 5. The van der Waals surface area contributed by atoms with E-state index in [0.29, 0.717) is 13.0 Å². The molecule has 6 heteroatoms. The summed E-state index contributed by atoms with van der Waals surface area (Å²) in [6.45, 7) is 0.759. The molecule has 0 saturated carbocycles. The van der Waals surface area contributed by atoms with E-state index in [1.54, 1.807) is 0 Å². The molecular weight excluding hydrogens is 346 g/mol. The van der Waals surface area contributed by atoms with Crippen LogP contribution in [0.4, 0.5) is 4.79 Å². The van der Waals surface area contributed by atoms with Gasteiger partial charge in [0.05, 0.1) is 12.0 Å². The summed E-state index contributed by atoms with van der Waals surface area (Å²) in [6.07, 6.45) is -0.605. The van der Waals surface area contributed by atoms with Crippen LogP contribution < -0.4 is 5.32 Å². The van der Waals surface area contributed by atoms with Crippen LogP contribution in [0.15, 0.2) is 48.5 Å². The van der Waals surface area contributed by atoms with Crippen LogP contribution in [-0.2, 0) is 14.3 Å². The minimum Gasteiger partial charge on any atom is -0.481 e. The summed E-state index contributed by atoms with van der Waals surface area (Å²) in [4.78, 5) is 23.3. The van der Waals surface area contributed by atoms with Crippen molar-refractivity contribution >= 4 is 12.1 Å². The van der Waals surface area contributed by atoms with Gasteiger partial charge in [0.25, 0.3) is 0 Å². The van der Waals surface area contributed by atoms with Crippen molar-refractivity contribution in [3.8, 4) is 11.1 Å². The minimum absolute atomic E-state index is 0.00218. The standard InChI is InChI=1S/C21H21NO5/c23-20(24)17-9-10-26-19(17)11-22-21(25)27-12-18-15-7-3-1-5-13(15)14-6-2-4-8-16(14)18/h1-8,17-19H,9-12H2,(H,22,25)(H,23,24)/t17-,19-/m1/s1. The number of carboxylic acids is 1. The average molecular weight is 367 g/mol. The second kappa shape index (κ2) is 7.40. The van der Waals surface area contributed by atoms with Crippen molar-refractivity contribution in [2.45, 2.75) is 18.4 Å². The van der Waals surface area contributed by atoms with Gasteiger partial charge in [-0.1, -0.05) is 48.5 Å². The van der Waals surface area contributed by atoms with Gasteiger partial charge in [0.15, 0.2) is 0 Å². The highest BCUT2D eigenvalue weighted by molar-refractivity contribution is 5.79. The largest absolute Gasteiger partial charge is 0.481 e. The fourth-order valence-electron chi connectivity index (χ4n) is 3.97. The third kappa shape index (κ3) is 3.40. The normalized spacial score (nSPS) is 20.7. The van der Waals surface area contributed by atoms with E-state index in [9.17, 15) is 9.59 Å². The molecule has 1 heterocycles. The SMILES string of the molecule is O=C(NC[C@H]1OCC[C@H]1C(=O)O)OCC1c2ccccc2-c2ccccc21. The molecule has 2 N–H and O–H groups in total. The Bertz CT molecular complexity index is 820. The van der Waals surface area contributed by atoms with Gasteiger partial charge in [0, 0.05) is 19.1 Å². The number of carbonyl (C=O) groups excluding carboxylic acids is 1. The Balaban J connectivity index is 1.37. The number of aliphatic carboxylic acids is 1. The number of fused-ring (bicyclic) bond motifs is 3. The van der Waals surface area contributed by atoms with Gasteiger partial charge in [-0.2, -0.15) is 0 Å². The molecule has 1 fully saturated rings. The van der Waals surface area contributed by atoms with E-state index >= 15 is 0 Å². The van der Waals surface area contributed by atoms with Crippen LogP contribution in [0, 0.1) is 5.92 Å². The number of amides is 1. The van der Waals surface area contributed by atoms with Crippen LogP contribution >= 0.6 is 0 Å². The van der Waals surface area contributed by atoms with E-state index < -0.39 is 24.1 Å². The molecule has 1 saturated heterocycles. The molecule has 0 bridgehead atoms. The van der Waals surface area contributed by atoms with E-state index in [4.69, 9.17) is 14.6 Å².